The average molecular weight is 285 g/mol. The molecule has 6 nitrogen and oxygen atoms in total. The zero-order valence-electron chi connectivity index (χ0n) is 11.1. The van der Waals surface area contributed by atoms with Crippen molar-refractivity contribution in [3.8, 4) is 0 Å². The fourth-order valence-electron chi connectivity index (χ4n) is 1.32. The molecule has 0 saturated carbocycles. The first-order valence-electron chi connectivity index (χ1n) is 5.70. The number of halogens is 1. The van der Waals surface area contributed by atoms with E-state index in [9.17, 15) is 9.59 Å². The third kappa shape index (κ3) is 5.13. The van der Waals surface area contributed by atoms with Crippen LogP contribution in [-0.4, -0.2) is 28.9 Å². The Morgan fingerprint density at radius 2 is 2.00 bits per heavy atom. The molecule has 7 heteroatoms. The first-order chi connectivity index (χ1) is 8.69. The van der Waals surface area contributed by atoms with Crippen molar-refractivity contribution in [1.82, 2.24) is 15.6 Å². The summed E-state index contributed by atoms with van der Waals surface area (Å²) < 4.78 is 0. The average Bonchev–Trinajstić information content (AvgIpc) is 2.27. The van der Waals surface area contributed by atoms with E-state index < -0.39 is 5.91 Å². The van der Waals surface area contributed by atoms with Crippen molar-refractivity contribution >= 4 is 29.2 Å². The van der Waals surface area contributed by atoms with Gasteiger partial charge in [-0.05, 0) is 32.9 Å². The van der Waals surface area contributed by atoms with E-state index in [0.717, 1.165) is 0 Å². The predicted octanol–water partition coefficient (Wildman–Crippen LogP) is 0.962. The molecule has 0 radical (unpaired) electrons. The molecule has 0 spiro atoms. The van der Waals surface area contributed by atoms with Crippen molar-refractivity contribution in [2.45, 2.75) is 26.3 Å². The van der Waals surface area contributed by atoms with Crippen LogP contribution in [0.25, 0.3) is 0 Å². The first-order valence-corrected chi connectivity index (χ1v) is 6.08. The van der Waals surface area contributed by atoms with Gasteiger partial charge in [-0.25, -0.2) is 4.98 Å². The summed E-state index contributed by atoms with van der Waals surface area (Å²) in [5.74, 6) is -0.643. The fraction of sp³-hybridized carbons (Fsp3) is 0.417. The number of hydrogen-bond donors (Lipinski definition) is 3. The molecule has 4 N–H and O–H groups in total. The van der Waals surface area contributed by atoms with Crippen LogP contribution in [0.4, 0.5) is 5.82 Å². The molecular weight excluding hydrogens is 268 g/mol. The lowest BCUT2D eigenvalue weighted by atomic mass is 10.1. The molecule has 0 aromatic carbocycles. The van der Waals surface area contributed by atoms with Crippen LogP contribution in [0.3, 0.4) is 0 Å². The maximum Gasteiger partial charge on any atom is 0.271 e. The number of carbonyl (C=O) groups excluding carboxylic acids is 2. The SMILES string of the molecule is CC(C)(C)NC(=O)CNC(=O)c1nc(N)ccc1Cl. The highest BCUT2D eigenvalue weighted by molar-refractivity contribution is 6.33. The van der Waals surface area contributed by atoms with Gasteiger partial charge in [-0.2, -0.15) is 0 Å². The predicted molar refractivity (Wildman–Crippen MR) is 73.9 cm³/mol. The van der Waals surface area contributed by atoms with E-state index in [0.29, 0.717) is 0 Å². The Labute approximate surface area is 116 Å². The number of hydrogen-bond acceptors (Lipinski definition) is 4. The number of rotatable bonds is 3. The van der Waals surface area contributed by atoms with Crippen LogP contribution < -0.4 is 16.4 Å². The largest absolute Gasteiger partial charge is 0.384 e. The van der Waals surface area contributed by atoms with E-state index in [1.54, 1.807) is 0 Å². The Hall–Kier alpha value is -1.82. The van der Waals surface area contributed by atoms with Gasteiger partial charge < -0.3 is 16.4 Å². The van der Waals surface area contributed by atoms with Gasteiger partial charge in [0.1, 0.15) is 11.5 Å². The maximum absolute atomic E-state index is 11.8. The van der Waals surface area contributed by atoms with Gasteiger partial charge in [0.2, 0.25) is 5.91 Å². The number of nitrogens with one attached hydrogen (secondary N) is 2. The Morgan fingerprint density at radius 3 is 2.58 bits per heavy atom. The van der Waals surface area contributed by atoms with E-state index >= 15 is 0 Å². The molecule has 0 aliphatic heterocycles. The molecule has 0 fully saturated rings. The molecule has 19 heavy (non-hydrogen) atoms. The molecule has 2 amide bonds. The van der Waals surface area contributed by atoms with Gasteiger partial charge in [0.25, 0.3) is 5.91 Å². The summed E-state index contributed by atoms with van der Waals surface area (Å²) >= 11 is 5.83. The molecule has 0 saturated heterocycles. The molecule has 0 aliphatic carbocycles. The van der Waals surface area contributed by atoms with Crippen molar-refractivity contribution in [1.29, 1.82) is 0 Å². The summed E-state index contributed by atoms with van der Waals surface area (Å²) in [5, 5.41) is 5.34. The van der Waals surface area contributed by atoms with Crippen molar-refractivity contribution in [2.75, 3.05) is 12.3 Å². The van der Waals surface area contributed by atoms with Crippen LogP contribution in [-0.2, 0) is 4.79 Å². The van der Waals surface area contributed by atoms with Crippen LogP contribution in [0.2, 0.25) is 5.02 Å². The second kappa shape index (κ2) is 5.88. The minimum Gasteiger partial charge on any atom is -0.384 e. The van der Waals surface area contributed by atoms with E-state index in [1.165, 1.54) is 12.1 Å². The lowest BCUT2D eigenvalue weighted by Gasteiger charge is -2.20. The Balaban J connectivity index is 2.61. The third-order valence-electron chi connectivity index (χ3n) is 2.01. The van der Waals surface area contributed by atoms with Crippen LogP contribution >= 0.6 is 11.6 Å². The Bertz CT molecular complexity index is 497. The number of nitrogens with two attached hydrogens (primary N) is 1. The monoisotopic (exact) mass is 284 g/mol. The molecule has 1 heterocycles. The van der Waals surface area contributed by atoms with Crippen LogP contribution in [0.5, 0.6) is 0 Å². The Morgan fingerprint density at radius 1 is 1.37 bits per heavy atom. The highest BCUT2D eigenvalue weighted by Gasteiger charge is 2.16. The van der Waals surface area contributed by atoms with Gasteiger partial charge in [-0.15, -0.1) is 0 Å². The molecule has 0 aliphatic rings. The van der Waals surface area contributed by atoms with E-state index in [1.807, 2.05) is 20.8 Å². The second-order valence-electron chi connectivity index (χ2n) is 5.05. The van der Waals surface area contributed by atoms with Crippen molar-refractivity contribution in [2.24, 2.45) is 0 Å². The van der Waals surface area contributed by atoms with E-state index in [-0.39, 0.29) is 34.5 Å². The third-order valence-corrected chi connectivity index (χ3v) is 2.31. The number of pyridine rings is 1. The summed E-state index contributed by atoms with van der Waals surface area (Å²) in [4.78, 5) is 27.2. The normalized spacial score (nSPS) is 10.9. The summed E-state index contributed by atoms with van der Waals surface area (Å²) in [6.07, 6.45) is 0. The molecular formula is C12H17ClN4O2. The van der Waals surface area contributed by atoms with E-state index in [2.05, 4.69) is 15.6 Å². The summed E-state index contributed by atoms with van der Waals surface area (Å²) in [6.45, 7) is 5.40. The van der Waals surface area contributed by atoms with Crippen LogP contribution in [0.1, 0.15) is 31.3 Å². The smallest absolute Gasteiger partial charge is 0.271 e. The molecule has 1 aromatic rings. The second-order valence-corrected chi connectivity index (χ2v) is 5.45. The molecule has 1 rings (SSSR count). The number of nitrogen functional groups attached to an aromatic ring is 1. The summed E-state index contributed by atoms with van der Waals surface area (Å²) in [7, 11) is 0. The number of aromatic nitrogens is 1. The zero-order chi connectivity index (χ0) is 14.6. The number of carbonyl (C=O) groups is 2. The Kier molecular flexibility index (Phi) is 4.72. The highest BCUT2D eigenvalue weighted by Crippen LogP contribution is 2.14. The molecule has 0 atom stereocenters. The summed E-state index contributed by atoms with van der Waals surface area (Å²) in [5.41, 5.74) is 5.13. The van der Waals surface area contributed by atoms with Gasteiger partial charge in [0.15, 0.2) is 0 Å². The van der Waals surface area contributed by atoms with E-state index in [4.69, 9.17) is 17.3 Å². The molecule has 1 aromatic heterocycles. The molecule has 104 valence electrons. The minimum absolute atomic E-state index is 0.00484. The van der Waals surface area contributed by atoms with Gasteiger partial charge >= 0.3 is 0 Å². The summed E-state index contributed by atoms with van der Waals surface area (Å²) in [6, 6.07) is 2.97. The van der Waals surface area contributed by atoms with Gasteiger partial charge in [0, 0.05) is 5.54 Å². The maximum atomic E-state index is 11.8. The van der Waals surface area contributed by atoms with Crippen LogP contribution in [0, 0.1) is 0 Å². The fourth-order valence-corrected chi connectivity index (χ4v) is 1.51. The first kappa shape index (κ1) is 15.2. The molecule has 0 bridgehead atoms. The minimum atomic E-state index is -0.540. The topological polar surface area (TPSA) is 97.1 Å². The number of anilines is 1. The van der Waals surface area contributed by atoms with Gasteiger partial charge in [0.05, 0.1) is 11.6 Å². The lowest BCUT2D eigenvalue weighted by Crippen LogP contribution is -2.46. The quantitative estimate of drug-likeness (QED) is 0.770. The van der Waals surface area contributed by atoms with Crippen LogP contribution in [0.15, 0.2) is 12.1 Å². The standard InChI is InChI=1S/C12H17ClN4O2/c1-12(2,3)17-9(18)6-15-11(19)10-7(13)4-5-8(14)16-10/h4-5H,6H2,1-3H3,(H2,14,16)(H,15,19)(H,17,18). The zero-order valence-corrected chi connectivity index (χ0v) is 11.8. The number of nitrogens with zero attached hydrogens (tertiary/aromatic N) is 1. The van der Waals surface area contributed by atoms with Crippen molar-refractivity contribution < 1.29 is 9.59 Å². The van der Waals surface area contributed by atoms with Crippen molar-refractivity contribution in [3.63, 3.8) is 0 Å². The lowest BCUT2D eigenvalue weighted by molar-refractivity contribution is -0.121. The van der Waals surface area contributed by atoms with Gasteiger partial charge in [-0.3, -0.25) is 9.59 Å². The van der Waals surface area contributed by atoms with Crippen molar-refractivity contribution in [3.05, 3.63) is 22.8 Å². The van der Waals surface area contributed by atoms with Gasteiger partial charge in [-0.1, -0.05) is 11.6 Å². The number of amides is 2. The highest BCUT2D eigenvalue weighted by atomic mass is 35.5. The molecule has 0 unspecified atom stereocenters.